The van der Waals surface area contributed by atoms with E-state index in [1.165, 1.54) is 51.4 Å². The van der Waals surface area contributed by atoms with E-state index in [4.69, 9.17) is 14.2 Å². The van der Waals surface area contributed by atoms with Gasteiger partial charge in [-0.15, -0.1) is 0 Å². The number of hydrogen-bond donors (Lipinski definition) is 0. The standard InChI is InChI=1S/C28H53NO7/c1-6-8-9-10-11-12-13-14-15-16-17-19-27(31)36-24(23-35-26(30)18-7-2)22-34-21-20-25(28(32)33)29(3,4)5/h24-25H,6-23H2,1-5H3. The highest BCUT2D eigenvalue weighted by molar-refractivity contribution is 5.70. The van der Waals surface area contributed by atoms with Crippen LogP contribution in [0.2, 0.25) is 0 Å². The zero-order valence-corrected chi connectivity index (χ0v) is 23.7. The number of carboxylic acid groups (broad SMARTS) is 1. The lowest BCUT2D eigenvalue weighted by molar-refractivity contribution is -0.889. The molecule has 0 spiro atoms. The van der Waals surface area contributed by atoms with E-state index in [9.17, 15) is 19.5 Å². The first-order valence-electron chi connectivity index (χ1n) is 14.1. The lowest BCUT2D eigenvalue weighted by atomic mass is 10.1. The molecule has 0 rings (SSSR count). The number of likely N-dealkylation sites (N-methyl/N-ethyl adjacent to an activating group) is 1. The van der Waals surface area contributed by atoms with Crippen LogP contribution in [0.3, 0.4) is 0 Å². The molecule has 0 saturated heterocycles. The van der Waals surface area contributed by atoms with Gasteiger partial charge in [-0.1, -0.05) is 78.1 Å². The van der Waals surface area contributed by atoms with E-state index < -0.39 is 18.1 Å². The number of aliphatic carboxylic acids is 1. The topological polar surface area (TPSA) is 102 Å². The van der Waals surface area contributed by atoms with Gasteiger partial charge >= 0.3 is 11.9 Å². The highest BCUT2D eigenvalue weighted by atomic mass is 16.6. The summed E-state index contributed by atoms with van der Waals surface area (Å²) >= 11 is 0. The molecular formula is C28H53NO7. The average Bonchev–Trinajstić information content (AvgIpc) is 2.79. The molecule has 0 aromatic carbocycles. The molecule has 0 aromatic rings. The van der Waals surface area contributed by atoms with Gasteiger partial charge in [0.1, 0.15) is 12.6 Å². The fraction of sp³-hybridized carbons (Fsp3) is 0.893. The Hall–Kier alpha value is -1.67. The summed E-state index contributed by atoms with van der Waals surface area (Å²) in [4.78, 5) is 35.5. The molecule has 0 N–H and O–H groups in total. The highest BCUT2D eigenvalue weighted by Crippen LogP contribution is 2.13. The van der Waals surface area contributed by atoms with E-state index in [-0.39, 0.29) is 42.7 Å². The predicted octanol–water partition coefficient (Wildman–Crippen LogP) is 4.17. The summed E-state index contributed by atoms with van der Waals surface area (Å²) in [6.45, 7) is 4.26. The number of nitrogens with zero attached hydrogens (tertiary/aromatic N) is 1. The van der Waals surface area contributed by atoms with Crippen molar-refractivity contribution < 1.29 is 38.2 Å². The summed E-state index contributed by atoms with van der Waals surface area (Å²) in [6, 6.07) is -0.713. The van der Waals surface area contributed by atoms with E-state index in [1.54, 1.807) is 21.1 Å². The number of unbranched alkanes of at least 4 members (excludes halogenated alkanes) is 10. The molecule has 8 nitrogen and oxygen atoms in total. The van der Waals surface area contributed by atoms with Gasteiger partial charge in [-0.25, -0.2) is 0 Å². The van der Waals surface area contributed by atoms with Gasteiger partial charge in [0.2, 0.25) is 0 Å². The van der Waals surface area contributed by atoms with Crippen LogP contribution in [0.15, 0.2) is 0 Å². The van der Waals surface area contributed by atoms with Crippen molar-refractivity contribution in [2.24, 2.45) is 0 Å². The number of quaternary nitrogens is 1. The number of esters is 2. The van der Waals surface area contributed by atoms with Gasteiger partial charge in [0.25, 0.3) is 0 Å². The first kappa shape index (κ1) is 34.3. The Morgan fingerprint density at radius 2 is 1.28 bits per heavy atom. The molecule has 2 atom stereocenters. The second-order valence-electron chi connectivity index (χ2n) is 10.6. The van der Waals surface area contributed by atoms with E-state index >= 15 is 0 Å². The molecule has 0 aliphatic rings. The Kier molecular flexibility index (Phi) is 20.4. The number of rotatable bonds is 24. The summed E-state index contributed by atoms with van der Waals surface area (Å²) in [5.41, 5.74) is 0. The average molecular weight is 516 g/mol. The Morgan fingerprint density at radius 3 is 1.78 bits per heavy atom. The molecule has 0 amide bonds. The molecule has 0 bridgehead atoms. The van der Waals surface area contributed by atoms with Crippen LogP contribution in [0.25, 0.3) is 0 Å². The van der Waals surface area contributed by atoms with Crippen LogP contribution in [-0.4, -0.2) is 75.5 Å². The maximum absolute atomic E-state index is 12.3. The van der Waals surface area contributed by atoms with Gasteiger partial charge in [-0.05, 0) is 12.8 Å². The van der Waals surface area contributed by atoms with Crippen LogP contribution in [-0.2, 0) is 28.6 Å². The molecule has 0 aliphatic carbocycles. The third-order valence-electron chi connectivity index (χ3n) is 6.21. The number of hydrogen-bond acceptors (Lipinski definition) is 7. The van der Waals surface area contributed by atoms with E-state index in [0.29, 0.717) is 19.3 Å². The van der Waals surface area contributed by atoms with Gasteiger partial charge in [-0.2, -0.15) is 0 Å². The van der Waals surface area contributed by atoms with Crippen molar-refractivity contribution in [3.8, 4) is 0 Å². The molecule has 2 unspecified atom stereocenters. The van der Waals surface area contributed by atoms with Crippen LogP contribution >= 0.6 is 0 Å². The molecular weight excluding hydrogens is 462 g/mol. The third-order valence-corrected chi connectivity index (χ3v) is 6.21. The van der Waals surface area contributed by atoms with Crippen molar-refractivity contribution in [2.45, 2.75) is 122 Å². The number of carboxylic acids is 1. The molecule has 0 saturated carbocycles. The Balaban J connectivity index is 4.29. The van der Waals surface area contributed by atoms with E-state index in [0.717, 1.165) is 19.3 Å². The number of carbonyl (C=O) groups excluding carboxylic acids is 3. The highest BCUT2D eigenvalue weighted by Gasteiger charge is 2.25. The first-order chi connectivity index (χ1) is 17.1. The van der Waals surface area contributed by atoms with Gasteiger partial charge in [-0.3, -0.25) is 9.59 Å². The fourth-order valence-corrected chi connectivity index (χ4v) is 3.99. The summed E-state index contributed by atoms with van der Waals surface area (Å²) < 4.78 is 16.6. The van der Waals surface area contributed by atoms with Gasteiger partial charge in [0, 0.05) is 19.3 Å². The van der Waals surface area contributed by atoms with Crippen molar-refractivity contribution in [3.63, 3.8) is 0 Å². The van der Waals surface area contributed by atoms with Gasteiger partial charge in [0.05, 0.1) is 40.3 Å². The summed E-state index contributed by atoms with van der Waals surface area (Å²) in [6.07, 6.45) is 14.1. The smallest absolute Gasteiger partial charge is 0.306 e. The van der Waals surface area contributed by atoms with Gasteiger partial charge in [0.15, 0.2) is 6.10 Å². The van der Waals surface area contributed by atoms with Crippen LogP contribution in [0.5, 0.6) is 0 Å². The van der Waals surface area contributed by atoms with Crippen molar-refractivity contribution in [1.29, 1.82) is 0 Å². The zero-order chi connectivity index (χ0) is 27.2. The normalized spacial score (nSPS) is 13.2. The van der Waals surface area contributed by atoms with Crippen LogP contribution in [0, 0.1) is 0 Å². The van der Waals surface area contributed by atoms with Crippen molar-refractivity contribution in [1.82, 2.24) is 0 Å². The maximum atomic E-state index is 12.3. The van der Waals surface area contributed by atoms with Crippen molar-refractivity contribution >= 4 is 17.9 Å². The Morgan fingerprint density at radius 1 is 0.722 bits per heavy atom. The van der Waals surface area contributed by atoms with Crippen LogP contribution < -0.4 is 5.11 Å². The number of carbonyl (C=O) groups is 3. The van der Waals surface area contributed by atoms with Crippen LogP contribution in [0.4, 0.5) is 0 Å². The van der Waals surface area contributed by atoms with E-state index in [2.05, 4.69) is 6.92 Å². The lowest BCUT2D eigenvalue weighted by Crippen LogP contribution is -2.55. The summed E-state index contributed by atoms with van der Waals surface area (Å²) in [5.74, 6) is -1.80. The van der Waals surface area contributed by atoms with Crippen molar-refractivity contribution in [2.75, 3.05) is 41.0 Å². The SMILES string of the molecule is CCCCCCCCCCCCCC(=O)OC(COCCC(C(=O)[O-])[N+](C)(C)C)COC(=O)CCC. The van der Waals surface area contributed by atoms with Gasteiger partial charge < -0.3 is 28.6 Å². The minimum atomic E-state index is -1.13. The molecule has 0 aromatic heterocycles. The second-order valence-corrected chi connectivity index (χ2v) is 10.6. The Bertz CT molecular complexity index is 589. The monoisotopic (exact) mass is 515 g/mol. The molecule has 0 aliphatic heterocycles. The second kappa shape index (κ2) is 21.4. The zero-order valence-electron chi connectivity index (χ0n) is 23.7. The molecule has 8 heteroatoms. The minimum absolute atomic E-state index is 0.0420. The predicted molar refractivity (Wildman–Crippen MR) is 139 cm³/mol. The van der Waals surface area contributed by atoms with E-state index in [1.807, 2.05) is 6.92 Å². The molecule has 212 valence electrons. The fourth-order valence-electron chi connectivity index (χ4n) is 3.99. The largest absolute Gasteiger partial charge is 0.544 e. The molecule has 0 heterocycles. The van der Waals surface area contributed by atoms with Crippen molar-refractivity contribution in [3.05, 3.63) is 0 Å². The number of ether oxygens (including phenoxy) is 3. The quantitative estimate of drug-likeness (QED) is 0.108. The van der Waals surface area contributed by atoms with Crippen LogP contribution in [0.1, 0.15) is 110 Å². The summed E-state index contributed by atoms with van der Waals surface area (Å²) in [7, 11) is 5.35. The molecule has 0 fully saturated rings. The minimum Gasteiger partial charge on any atom is -0.544 e. The molecule has 36 heavy (non-hydrogen) atoms. The lowest BCUT2D eigenvalue weighted by Gasteiger charge is -2.34. The Labute approximate surface area is 219 Å². The summed E-state index contributed by atoms with van der Waals surface area (Å²) in [5, 5.41) is 11.4. The molecule has 0 radical (unpaired) electrons. The maximum Gasteiger partial charge on any atom is 0.306 e. The third kappa shape index (κ3) is 19.5. The first-order valence-corrected chi connectivity index (χ1v) is 14.1.